The standard InChI is InChI=1S/C51H34N2/c1-5-16-35(17-6-1)36-28-30-38(31-29-36)48-34-47(37-18-7-2-8-19-37)52-50(53-48)45-26-15-25-43-41(45)32-33-44-42-24-13-14-27-46(42)51(49(43)44,39-20-9-3-10-21-39)40-22-11-4-12-23-40/h1-34H. The lowest BCUT2D eigenvalue weighted by atomic mass is 9.66. The van der Waals surface area contributed by atoms with Gasteiger partial charge in [0, 0.05) is 16.7 Å². The summed E-state index contributed by atoms with van der Waals surface area (Å²) < 4.78 is 0. The van der Waals surface area contributed by atoms with Crippen LogP contribution in [-0.4, -0.2) is 9.97 Å². The molecule has 0 saturated carbocycles. The highest BCUT2D eigenvalue weighted by molar-refractivity contribution is 6.05. The summed E-state index contributed by atoms with van der Waals surface area (Å²) in [4.78, 5) is 10.6. The molecule has 0 atom stereocenters. The molecular weight excluding hydrogens is 641 g/mol. The van der Waals surface area contributed by atoms with Crippen molar-refractivity contribution in [3.05, 3.63) is 229 Å². The highest BCUT2D eigenvalue weighted by Crippen LogP contribution is 2.58. The monoisotopic (exact) mass is 674 g/mol. The summed E-state index contributed by atoms with van der Waals surface area (Å²) in [5, 5.41) is 2.33. The van der Waals surface area contributed by atoms with E-state index in [1.54, 1.807) is 0 Å². The van der Waals surface area contributed by atoms with Gasteiger partial charge in [0.25, 0.3) is 0 Å². The lowest BCUT2D eigenvalue weighted by molar-refractivity contribution is 0.775. The molecule has 1 heterocycles. The van der Waals surface area contributed by atoms with E-state index < -0.39 is 5.41 Å². The summed E-state index contributed by atoms with van der Waals surface area (Å²) in [6, 6.07) is 73.9. The number of rotatable bonds is 6. The summed E-state index contributed by atoms with van der Waals surface area (Å²) in [5.74, 6) is 0.708. The van der Waals surface area contributed by atoms with Crippen molar-refractivity contribution in [3.63, 3.8) is 0 Å². The fraction of sp³-hybridized carbons (Fsp3) is 0.0196. The molecule has 0 amide bonds. The van der Waals surface area contributed by atoms with Crippen LogP contribution >= 0.6 is 0 Å². The summed E-state index contributed by atoms with van der Waals surface area (Å²) >= 11 is 0. The molecule has 2 nitrogen and oxygen atoms in total. The number of aromatic nitrogens is 2. The van der Waals surface area contributed by atoms with Crippen LogP contribution in [0.3, 0.4) is 0 Å². The van der Waals surface area contributed by atoms with Crippen LogP contribution in [0.2, 0.25) is 0 Å². The third-order valence-electron chi connectivity index (χ3n) is 10.8. The van der Waals surface area contributed by atoms with E-state index in [0.717, 1.165) is 33.5 Å². The van der Waals surface area contributed by atoms with Gasteiger partial charge in [0.15, 0.2) is 5.82 Å². The smallest absolute Gasteiger partial charge is 0.161 e. The Bertz CT molecular complexity index is 2700. The Kier molecular flexibility index (Phi) is 7.40. The third-order valence-corrected chi connectivity index (χ3v) is 10.8. The average molecular weight is 675 g/mol. The minimum Gasteiger partial charge on any atom is -0.228 e. The van der Waals surface area contributed by atoms with Crippen molar-refractivity contribution in [1.82, 2.24) is 9.97 Å². The second-order valence-corrected chi connectivity index (χ2v) is 13.7. The third kappa shape index (κ3) is 5.03. The van der Waals surface area contributed by atoms with Crippen LogP contribution in [0.1, 0.15) is 22.3 Å². The van der Waals surface area contributed by atoms with Crippen LogP contribution in [0.4, 0.5) is 0 Å². The Labute approximate surface area is 309 Å². The van der Waals surface area contributed by atoms with Crippen molar-refractivity contribution in [2.24, 2.45) is 0 Å². The number of fused-ring (bicyclic) bond motifs is 5. The Balaban J connectivity index is 1.22. The SMILES string of the molecule is c1ccc(-c2ccc(-c3cc(-c4ccccc4)nc(-c4cccc5c6c(ccc45)-c4ccccc4C6(c4ccccc4)c4ccccc4)n3)cc2)cc1. The first kappa shape index (κ1) is 30.9. The zero-order valence-corrected chi connectivity index (χ0v) is 29.0. The van der Waals surface area contributed by atoms with Gasteiger partial charge in [-0.3, -0.25) is 0 Å². The highest BCUT2D eigenvalue weighted by atomic mass is 14.9. The van der Waals surface area contributed by atoms with E-state index in [2.05, 4.69) is 200 Å². The molecule has 248 valence electrons. The van der Waals surface area contributed by atoms with Crippen molar-refractivity contribution in [2.75, 3.05) is 0 Å². The first-order chi connectivity index (χ1) is 26.3. The van der Waals surface area contributed by atoms with E-state index in [9.17, 15) is 0 Å². The van der Waals surface area contributed by atoms with Gasteiger partial charge in [0.1, 0.15) is 0 Å². The zero-order chi connectivity index (χ0) is 35.2. The molecule has 1 aliphatic rings. The van der Waals surface area contributed by atoms with Gasteiger partial charge in [-0.1, -0.05) is 200 Å². The molecule has 0 bridgehead atoms. The fourth-order valence-corrected chi connectivity index (χ4v) is 8.44. The summed E-state index contributed by atoms with van der Waals surface area (Å²) in [7, 11) is 0. The molecule has 0 radical (unpaired) electrons. The van der Waals surface area contributed by atoms with E-state index in [0.29, 0.717) is 5.82 Å². The zero-order valence-electron chi connectivity index (χ0n) is 29.0. The molecule has 8 aromatic carbocycles. The molecule has 0 N–H and O–H groups in total. The maximum atomic E-state index is 5.33. The minimum atomic E-state index is -0.509. The molecule has 0 fully saturated rings. The molecule has 0 spiro atoms. The summed E-state index contributed by atoms with van der Waals surface area (Å²) in [5.41, 5.74) is 14.4. The second-order valence-electron chi connectivity index (χ2n) is 13.7. The Hall–Kier alpha value is -6.90. The molecule has 10 rings (SSSR count). The second kappa shape index (κ2) is 12.7. The van der Waals surface area contributed by atoms with E-state index in [-0.39, 0.29) is 0 Å². The van der Waals surface area contributed by atoms with Crippen molar-refractivity contribution >= 4 is 10.8 Å². The Morgan fingerprint density at radius 2 is 0.811 bits per heavy atom. The van der Waals surface area contributed by atoms with E-state index in [1.165, 1.54) is 49.9 Å². The van der Waals surface area contributed by atoms with Crippen molar-refractivity contribution in [1.29, 1.82) is 0 Å². The Morgan fingerprint density at radius 3 is 1.45 bits per heavy atom. The topological polar surface area (TPSA) is 25.8 Å². The van der Waals surface area contributed by atoms with Crippen LogP contribution < -0.4 is 0 Å². The van der Waals surface area contributed by atoms with E-state index in [4.69, 9.17) is 9.97 Å². The van der Waals surface area contributed by atoms with Gasteiger partial charge in [-0.05, 0) is 61.3 Å². The van der Waals surface area contributed by atoms with Crippen LogP contribution in [-0.2, 0) is 5.41 Å². The molecule has 2 heteroatoms. The quantitative estimate of drug-likeness (QED) is 0.175. The Morgan fingerprint density at radius 1 is 0.321 bits per heavy atom. The molecule has 1 aromatic heterocycles. The van der Waals surface area contributed by atoms with E-state index >= 15 is 0 Å². The molecule has 53 heavy (non-hydrogen) atoms. The van der Waals surface area contributed by atoms with Gasteiger partial charge >= 0.3 is 0 Å². The van der Waals surface area contributed by atoms with Crippen LogP contribution in [0.5, 0.6) is 0 Å². The lowest BCUT2D eigenvalue weighted by Gasteiger charge is -2.34. The molecule has 0 aliphatic heterocycles. The number of benzene rings is 8. The maximum Gasteiger partial charge on any atom is 0.161 e. The largest absolute Gasteiger partial charge is 0.228 e. The summed E-state index contributed by atoms with van der Waals surface area (Å²) in [6.07, 6.45) is 0. The average Bonchev–Trinajstić information content (AvgIpc) is 3.56. The van der Waals surface area contributed by atoms with Crippen molar-refractivity contribution < 1.29 is 0 Å². The van der Waals surface area contributed by atoms with Crippen molar-refractivity contribution in [3.8, 4) is 56.2 Å². The minimum absolute atomic E-state index is 0.509. The maximum absolute atomic E-state index is 5.33. The van der Waals surface area contributed by atoms with Gasteiger partial charge in [-0.15, -0.1) is 0 Å². The summed E-state index contributed by atoms with van der Waals surface area (Å²) in [6.45, 7) is 0. The first-order valence-electron chi connectivity index (χ1n) is 18.2. The van der Waals surface area contributed by atoms with Crippen LogP contribution in [0.15, 0.2) is 206 Å². The van der Waals surface area contributed by atoms with Crippen LogP contribution in [0, 0.1) is 0 Å². The molecule has 0 unspecified atom stereocenters. The molecular formula is C51H34N2. The number of hydrogen-bond acceptors (Lipinski definition) is 2. The van der Waals surface area contributed by atoms with Gasteiger partial charge < -0.3 is 0 Å². The lowest BCUT2D eigenvalue weighted by Crippen LogP contribution is -2.28. The predicted octanol–water partition coefficient (Wildman–Crippen LogP) is 12.7. The van der Waals surface area contributed by atoms with Gasteiger partial charge in [0.05, 0.1) is 16.8 Å². The molecule has 9 aromatic rings. The van der Waals surface area contributed by atoms with Gasteiger partial charge in [-0.2, -0.15) is 0 Å². The number of nitrogens with zero attached hydrogens (tertiary/aromatic N) is 2. The molecule has 0 saturated heterocycles. The molecule has 1 aliphatic carbocycles. The van der Waals surface area contributed by atoms with Crippen LogP contribution in [0.25, 0.3) is 66.9 Å². The number of hydrogen-bond donors (Lipinski definition) is 0. The normalized spacial score (nSPS) is 12.7. The fourth-order valence-electron chi connectivity index (χ4n) is 8.44. The van der Waals surface area contributed by atoms with Gasteiger partial charge in [0.2, 0.25) is 0 Å². The first-order valence-corrected chi connectivity index (χ1v) is 18.2. The van der Waals surface area contributed by atoms with Crippen molar-refractivity contribution in [2.45, 2.75) is 5.41 Å². The highest BCUT2D eigenvalue weighted by Gasteiger charge is 2.47. The predicted molar refractivity (Wildman–Crippen MR) is 219 cm³/mol. The van der Waals surface area contributed by atoms with E-state index in [1.807, 2.05) is 6.07 Å². The van der Waals surface area contributed by atoms with Gasteiger partial charge in [-0.25, -0.2) is 9.97 Å².